The number of rotatable bonds is 8. The number of carbonyl (C=O) groups excluding carboxylic acids is 1. The van der Waals surface area contributed by atoms with Gasteiger partial charge in [-0.25, -0.2) is 8.78 Å². The van der Waals surface area contributed by atoms with E-state index in [0.29, 0.717) is 19.4 Å². The molecule has 0 aliphatic rings. The van der Waals surface area contributed by atoms with Gasteiger partial charge in [0.2, 0.25) is 0 Å². The Bertz CT molecular complexity index is 461. The number of aromatic nitrogens is 2. The zero-order chi connectivity index (χ0) is 16.0. The quantitative estimate of drug-likeness (QED) is 0.775. The molecule has 0 radical (unpaired) electrons. The van der Waals surface area contributed by atoms with E-state index in [-0.39, 0.29) is 29.8 Å². The molecule has 0 spiro atoms. The molecule has 5 nitrogen and oxygen atoms in total. The minimum Gasteiger partial charge on any atom is -0.396 e. The van der Waals surface area contributed by atoms with Gasteiger partial charge in [-0.05, 0) is 18.8 Å². The van der Waals surface area contributed by atoms with Crippen LogP contribution in [-0.2, 0) is 6.54 Å². The predicted octanol–water partition coefficient (Wildman–Crippen LogP) is 2.37. The molecule has 1 atom stereocenters. The second kappa shape index (κ2) is 8.07. The molecule has 1 unspecified atom stereocenters. The molecule has 1 heterocycles. The molecule has 0 fully saturated rings. The normalized spacial score (nSPS) is 13.0. The van der Waals surface area contributed by atoms with Crippen LogP contribution in [0.25, 0.3) is 0 Å². The number of halogens is 2. The van der Waals surface area contributed by atoms with E-state index in [9.17, 15) is 13.6 Å². The van der Waals surface area contributed by atoms with Gasteiger partial charge in [0.15, 0.2) is 0 Å². The Hall–Kier alpha value is -1.50. The third kappa shape index (κ3) is 4.77. The molecular weight excluding hydrogens is 280 g/mol. The lowest BCUT2D eigenvalue weighted by Gasteiger charge is -2.16. The fraction of sp³-hybridized carbons (Fsp3) is 0.714. The number of aliphatic hydroxyl groups excluding tert-OH is 1. The lowest BCUT2D eigenvalue weighted by molar-refractivity contribution is 0.0911. The van der Waals surface area contributed by atoms with E-state index in [4.69, 9.17) is 5.11 Å². The first-order valence-electron chi connectivity index (χ1n) is 7.16. The lowest BCUT2D eigenvalue weighted by Crippen LogP contribution is -2.35. The van der Waals surface area contributed by atoms with E-state index in [1.807, 2.05) is 20.8 Å². The molecule has 2 N–H and O–H groups in total. The van der Waals surface area contributed by atoms with Crippen LogP contribution in [0, 0.1) is 5.92 Å². The smallest absolute Gasteiger partial charge is 0.280 e. The van der Waals surface area contributed by atoms with Crippen LogP contribution in [0.4, 0.5) is 8.78 Å². The van der Waals surface area contributed by atoms with Gasteiger partial charge in [-0.2, -0.15) is 5.10 Å². The van der Waals surface area contributed by atoms with Crippen LogP contribution in [-0.4, -0.2) is 33.4 Å². The minimum atomic E-state index is -2.76. The molecule has 0 aliphatic heterocycles. The monoisotopic (exact) mass is 303 g/mol. The number of carbonyl (C=O) groups is 1. The maximum atomic E-state index is 13.2. The highest BCUT2D eigenvalue weighted by molar-refractivity contribution is 5.95. The number of amides is 1. The summed E-state index contributed by atoms with van der Waals surface area (Å²) in [7, 11) is 0. The average molecular weight is 303 g/mol. The van der Waals surface area contributed by atoms with Gasteiger partial charge in [0.05, 0.1) is 11.8 Å². The standard InChI is InChI=1S/C14H23F2N3O2/c1-4-10(5-6-20)18-14(21)11-7-17-19(8-9(2)3)12(11)13(15)16/h7,9-10,13,20H,4-6,8H2,1-3H3,(H,18,21). The van der Waals surface area contributed by atoms with E-state index in [2.05, 4.69) is 10.4 Å². The number of hydrogen-bond acceptors (Lipinski definition) is 3. The predicted molar refractivity (Wildman–Crippen MR) is 75.3 cm³/mol. The minimum absolute atomic E-state index is 0.0624. The summed E-state index contributed by atoms with van der Waals surface area (Å²) >= 11 is 0. The molecule has 1 rings (SSSR count). The van der Waals surface area contributed by atoms with Crippen molar-refractivity contribution in [3.05, 3.63) is 17.5 Å². The van der Waals surface area contributed by atoms with Crippen LogP contribution in [0.3, 0.4) is 0 Å². The van der Waals surface area contributed by atoms with Crippen molar-refractivity contribution in [1.29, 1.82) is 0 Å². The van der Waals surface area contributed by atoms with E-state index in [0.717, 1.165) is 0 Å². The van der Waals surface area contributed by atoms with Crippen molar-refractivity contribution >= 4 is 5.91 Å². The fourth-order valence-corrected chi connectivity index (χ4v) is 2.09. The van der Waals surface area contributed by atoms with Crippen LogP contribution in [0.2, 0.25) is 0 Å². The van der Waals surface area contributed by atoms with Gasteiger partial charge in [-0.1, -0.05) is 20.8 Å². The molecule has 0 saturated carbocycles. The Labute approximate surface area is 123 Å². The first kappa shape index (κ1) is 17.6. The van der Waals surface area contributed by atoms with Gasteiger partial charge < -0.3 is 10.4 Å². The number of nitrogens with one attached hydrogen (secondary N) is 1. The van der Waals surface area contributed by atoms with Gasteiger partial charge in [-0.3, -0.25) is 9.48 Å². The second-order valence-electron chi connectivity index (χ2n) is 5.41. The molecule has 1 amide bonds. The van der Waals surface area contributed by atoms with Gasteiger partial charge in [0, 0.05) is 19.2 Å². The first-order valence-corrected chi connectivity index (χ1v) is 7.16. The largest absolute Gasteiger partial charge is 0.396 e. The van der Waals surface area contributed by atoms with Crippen molar-refractivity contribution in [2.75, 3.05) is 6.61 Å². The molecular formula is C14H23F2N3O2. The summed E-state index contributed by atoms with van der Waals surface area (Å²) in [5.74, 6) is -0.420. The Morgan fingerprint density at radius 1 is 1.48 bits per heavy atom. The third-order valence-corrected chi connectivity index (χ3v) is 3.18. The number of aliphatic hydroxyl groups is 1. The van der Waals surface area contributed by atoms with Crippen LogP contribution in [0.15, 0.2) is 6.20 Å². The Morgan fingerprint density at radius 2 is 2.14 bits per heavy atom. The second-order valence-corrected chi connectivity index (χ2v) is 5.41. The van der Waals surface area contributed by atoms with E-state index < -0.39 is 12.3 Å². The van der Waals surface area contributed by atoms with Crippen molar-refractivity contribution in [3.8, 4) is 0 Å². The highest BCUT2D eigenvalue weighted by Crippen LogP contribution is 2.24. The summed E-state index contributed by atoms with van der Waals surface area (Å²) in [6.45, 7) is 5.92. The van der Waals surface area contributed by atoms with E-state index in [1.54, 1.807) is 0 Å². The fourth-order valence-electron chi connectivity index (χ4n) is 2.09. The Kier molecular flexibility index (Phi) is 6.74. The third-order valence-electron chi connectivity index (χ3n) is 3.18. The van der Waals surface area contributed by atoms with Gasteiger partial charge in [0.1, 0.15) is 5.69 Å². The van der Waals surface area contributed by atoms with Gasteiger partial charge in [0.25, 0.3) is 12.3 Å². The number of nitrogens with zero attached hydrogens (tertiary/aromatic N) is 2. The molecule has 7 heteroatoms. The molecule has 1 aromatic rings. The van der Waals surface area contributed by atoms with E-state index in [1.165, 1.54) is 10.9 Å². The van der Waals surface area contributed by atoms with Crippen LogP contribution < -0.4 is 5.32 Å². The maximum Gasteiger partial charge on any atom is 0.280 e. The highest BCUT2D eigenvalue weighted by atomic mass is 19.3. The van der Waals surface area contributed by atoms with Gasteiger partial charge >= 0.3 is 0 Å². The molecule has 0 bridgehead atoms. The van der Waals surface area contributed by atoms with E-state index >= 15 is 0 Å². The summed E-state index contributed by atoms with van der Waals surface area (Å²) in [5.41, 5.74) is -0.443. The van der Waals surface area contributed by atoms with Crippen molar-refractivity contribution < 1.29 is 18.7 Å². The average Bonchev–Trinajstić information content (AvgIpc) is 2.81. The lowest BCUT2D eigenvalue weighted by atomic mass is 10.1. The molecule has 0 saturated heterocycles. The molecule has 0 aliphatic carbocycles. The molecule has 120 valence electrons. The zero-order valence-corrected chi connectivity index (χ0v) is 12.6. The Morgan fingerprint density at radius 3 is 2.62 bits per heavy atom. The van der Waals surface area contributed by atoms with Crippen molar-refractivity contribution in [2.45, 2.75) is 52.6 Å². The summed E-state index contributed by atoms with van der Waals surface area (Å²) in [4.78, 5) is 12.1. The summed E-state index contributed by atoms with van der Waals surface area (Å²) in [6, 6.07) is -0.235. The summed E-state index contributed by atoms with van der Waals surface area (Å²) < 4.78 is 27.6. The van der Waals surface area contributed by atoms with Crippen molar-refractivity contribution in [1.82, 2.24) is 15.1 Å². The first-order chi connectivity index (χ1) is 9.90. The van der Waals surface area contributed by atoms with Gasteiger partial charge in [-0.15, -0.1) is 0 Å². The molecule has 21 heavy (non-hydrogen) atoms. The van der Waals surface area contributed by atoms with Crippen molar-refractivity contribution in [3.63, 3.8) is 0 Å². The number of hydrogen-bond donors (Lipinski definition) is 2. The summed E-state index contributed by atoms with van der Waals surface area (Å²) in [6.07, 6.45) is -0.557. The maximum absolute atomic E-state index is 13.2. The van der Waals surface area contributed by atoms with Crippen LogP contribution >= 0.6 is 0 Å². The highest BCUT2D eigenvalue weighted by Gasteiger charge is 2.25. The molecule has 0 aromatic carbocycles. The number of alkyl halides is 2. The SMILES string of the molecule is CCC(CCO)NC(=O)c1cnn(CC(C)C)c1C(F)F. The Balaban J connectivity index is 2.95. The van der Waals surface area contributed by atoms with Crippen molar-refractivity contribution in [2.24, 2.45) is 5.92 Å². The topological polar surface area (TPSA) is 67.2 Å². The molecule has 1 aromatic heterocycles. The zero-order valence-electron chi connectivity index (χ0n) is 12.6. The van der Waals surface area contributed by atoms with Crippen LogP contribution in [0.5, 0.6) is 0 Å². The van der Waals surface area contributed by atoms with Crippen LogP contribution in [0.1, 0.15) is 56.1 Å². The summed E-state index contributed by atoms with van der Waals surface area (Å²) in [5, 5.41) is 15.5.